The molecule has 0 saturated carbocycles. The van der Waals surface area contributed by atoms with Gasteiger partial charge in [0.2, 0.25) is 0 Å². The number of nitrogens with one attached hydrogen (secondary N) is 1. The number of rotatable bonds is 4. The number of hydrogen-bond donors (Lipinski definition) is 2. The number of carbonyl (C=O) groups is 1. The highest BCUT2D eigenvalue weighted by atomic mass is 19.1. The molecule has 0 aliphatic carbocycles. The fourth-order valence-corrected chi connectivity index (χ4v) is 1.50. The van der Waals surface area contributed by atoms with Crippen molar-refractivity contribution < 1.29 is 14.3 Å². The van der Waals surface area contributed by atoms with Crippen molar-refractivity contribution in [3.63, 3.8) is 0 Å². The summed E-state index contributed by atoms with van der Waals surface area (Å²) in [5.41, 5.74) is 2.24. The molecule has 0 aliphatic heterocycles. The number of H-pyrrole nitrogens is 1. The monoisotopic (exact) mass is 234 g/mol. The molecule has 2 N–H and O–H groups in total. The first kappa shape index (κ1) is 11.3. The number of nitrogens with zero attached hydrogens (tertiary/aromatic N) is 1. The fraction of sp³-hybridized carbons (Fsp3) is 0.167. The predicted octanol–water partition coefficient (Wildman–Crippen LogP) is 2.23. The molecular weight excluding hydrogens is 223 g/mol. The molecule has 0 radical (unpaired) electrons. The number of aliphatic carboxylic acids is 1. The molecule has 1 aromatic carbocycles. The Hall–Kier alpha value is -2.17. The highest BCUT2D eigenvalue weighted by Gasteiger charge is 2.05. The van der Waals surface area contributed by atoms with Crippen LogP contribution in [0.15, 0.2) is 30.3 Å². The van der Waals surface area contributed by atoms with Crippen LogP contribution in [0.1, 0.15) is 12.1 Å². The van der Waals surface area contributed by atoms with Crippen LogP contribution in [0, 0.1) is 5.82 Å². The zero-order valence-electron chi connectivity index (χ0n) is 8.98. The highest BCUT2D eigenvalue weighted by molar-refractivity contribution is 5.67. The van der Waals surface area contributed by atoms with Gasteiger partial charge in [-0.25, -0.2) is 4.39 Å². The summed E-state index contributed by atoms with van der Waals surface area (Å²) >= 11 is 0. The minimum Gasteiger partial charge on any atom is -0.481 e. The predicted molar refractivity (Wildman–Crippen MR) is 59.9 cm³/mol. The van der Waals surface area contributed by atoms with Crippen molar-refractivity contribution in [1.29, 1.82) is 0 Å². The van der Waals surface area contributed by atoms with Crippen molar-refractivity contribution >= 4 is 5.97 Å². The first-order valence-corrected chi connectivity index (χ1v) is 5.17. The standard InChI is InChI=1S/C12H11FN2O2/c13-9-3-1-8(2-4-9)11-7-10(14-15-11)5-6-12(16)17/h1-4,7H,5-6H2,(H,14,15)(H,16,17). The van der Waals surface area contributed by atoms with Crippen molar-refractivity contribution in [2.75, 3.05) is 0 Å². The van der Waals surface area contributed by atoms with Crippen molar-refractivity contribution in [3.05, 3.63) is 41.8 Å². The molecule has 88 valence electrons. The van der Waals surface area contributed by atoms with Crippen LogP contribution >= 0.6 is 0 Å². The van der Waals surface area contributed by atoms with Crippen LogP contribution in [-0.2, 0) is 11.2 Å². The Morgan fingerprint density at radius 1 is 1.35 bits per heavy atom. The maximum Gasteiger partial charge on any atom is 0.303 e. The van der Waals surface area contributed by atoms with Crippen molar-refractivity contribution in [2.45, 2.75) is 12.8 Å². The number of halogens is 1. The second-order valence-electron chi connectivity index (χ2n) is 3.68. The molecule has 0 atom stereocenters. The molecule has 0 fully saturated rings. The second-order valence-corrected chi connectivity index (χ2v) is 3.68. The number of aromatic amines is 1. The Kier molecular flexibility index (Phi) is 3.18. The van der Waals surface area contributed by atoms with Gasteiger partial charge < -0.3 is 5.11 Å². The average Bonchev–Trinajstić information content (AvgIpc) is 2.76. The Labute approximate surface area is 97.1 Å². The van der Waals surface area contributed by atoms with Crippen LogP contribution in [0.3, 0.4) is 0 Å². The number of benzene rings is 1. The van der Waals surface area contributed by atoms with Crippen LogP contribution in [-0.4, -0.2) is 21.3 Å². The molecule has 0 unspecified atom stereocenters. The smallest absolute Gasteiger partial charge is 0.303 e. The van der Waals surface area contributed by atoms with E-state index in [4.69, 9.17) is 5.11 Å². The van der Waals surface area contributed by atoms with E-state index in [2.05, 4.69) is 10.2 Å². The van der Waals surface area contributed by atoms with Gasteiger partial charge in [-0.3, -0.25) is 9.89 Å². The number of carboxylic acid groups (broad SMARTS) is 1. The molecule has 0 saturated heterocycles. The van der Waals surface area contributed by atoms with Gasteiger partial charge >= 0.3 is 5.97 Å². The lowest BCUT2D eigenvalue weighted by molar-refractivity contribution is -0.136. The molecule has 17 heavy (non-hydrogen) atoms. The molecule has 1 aromatic heterocycles. The van der Waals surface area contributed by atoms with Crippen LogP contribution in [0.5, 0.6) is 0 Å². The van der Waals surface area contributed by atoms with E-state index < -0.39 is 5.97 Å². The van der Waals surface area contributed by atoms with Crippen LogP contribution < -0.4 is 0 Å². The van der Waals surface area contributed by atoms with Gasteiger partial charge in [-0.05, 0) is 36.8 Å². The summed E-state index contributed by atoms with van der Waals surface area (Å²) in [6.45, 7) is 0. The quantitative estimate of drug-likeness (QED) is 0.852. The number of hydrogen-bond acceptors (Lipinski definition) is 2. The fourth-order valence-electron chi connectivity index (χ4n) is 1.50. The Morgan fingerprint density at radius 2 is 2.06 bits per heavy atom. The normalized spacial score (nSPS) is 10.4. The van der Waals surface area contributed by atoms with Gasteiger partial charge in [0, 0.05) is 11.3 Å². The van der Waals surface area contributed by atoms with Crippen molar-refractivity contribution in [2.24, 2.45) is 0 Å². The van der Waals surface area contributed by atoms with Crippen molar-refractivity contribution in [3.8, 4) is 11.3 Å². The van der Waals surface area contributed by atoms with E-state index in [9.17, 15) is 9.18 Å². The van der Waals surface area contributed by atoms with Crippen molar-refractivity contribution in [1.82, 2.24) is 10.2 Å². The largest absolute Gasteiger partial charge is 0.481 e. The SMILES string of the molecule is O=C(O)CCc1cc(-c2ccc(F)cc2)n[nH]1. The summed E-state index contributed by atoms with van der Waals surface area (Å²) < 4.78 is 12.7. The minimum absolute atomic E-state index is 0.0606. The molecule has 4 nitrogen and oxygen atoms in total. The van der Waals surface area contributed by atoms with Gasteiger partial charge in [0.05, 0.1) is 12.1 Å². The highest BCUT2D eigenvalue weighted by Crippen LogP contribution is 2.18. The Bertz CT molecular complexity index is 520. The van der Waals surface area contributed by atoms with E-state index >= 15 is 0 Å². The van der Waals surface area contributed by atoms with Crippen LogP contribution in [0.2, 0.25) is 0 Å². The molecule has 0 aliphatic rings. The van der Waals surface area contributed by atoms with Gasteiger partial charge in [-0.1, -0.05) is 0 Å². The molecular formula is C12H11FN2O2. The van der Waals surface area contributed by atoms with Gasteiger partial charge in [0.1, 0.15) is 5.82 Å². The van der Waals surface area contributed by atoms with Gasteiger partial charge in [-0.2, -0.15) is 5.10 Å². The van der Waals surface area contributed by atoms with E-state index in [1.807, 2.05) is 0 Å². The summed E-state index contributed by atoms with van der Waals surface area (Å²) in [4.78, 5) is 10.4. The summed E-state index contributed by atoms with van der Waals surface area (Å²) in [6.07, 6.45) is 0.467. The molecule has 0 spiro atoms. The van der Waals surface area contributed by atoms with Gasteiger partial charge in [0.25, 0.3) is 0 Å². The Morgan fingerprint density at radius 3 is 2.71 bits per heavy atom. The Balaban J connectivity index is 2.12. The maximum absolute atomic E-state index is 12.7. The molecule has 2 aromatic rings. The van der Waals surface area contributed by atoms with E-state index in [1.165, 1.54) is 12.1 Å². The lowest BCUT2D eigenvalue weighted by atomic mass is 10.1. The third-order valence-corrected chi connectivity index (χ3v) is 2.38. The van der Waals surface area contributed by atoms with E-state index in [0.29, 0.717) is 12.1 Å². The summed E-state index contributed by atoms with van der Waals surface area (Å²) in [5.74, 6) is -1.14. The summed E-state index contributed by atoms with van der Waals surface area (Å²) in [7, 11) is 0. The zero-order valence-corrected chi connectivity index (χ0v) is 8.98. The third-order valence-electron chi connectivity index (χ3n) is 2.38. The lowest BCUT2D eigenvalue weighted by Gasteiger charge is -1.94. The summed E-state index contributed by atoms with van der Waals surface area (Å²) in [6, 6.07) is 7.76. The van der Waals surface area contributed by atoms with E-state index in [-0.39, 0.29) is 12.2 Å². The van der Waals surface area contributed by atoms with E-state index in [0.717, 1.165) is 11.3 Å². The van der Waals surface area contributed by atoms with Crippen LogP contribution in [0.25, 0.3) is 11.3 Å². The number of aromatic nitrogens is 2. The first-order valence-electron chi connectivity index (χ1n) is 5.17. The minimum atomic E-state index is -0.845. The molecule has 1 heterocycles. The first-order chi connectivity index (χ1) is 8.15. The maximum atomic E-state index is 12.7. The summed E-state index contributed by atoms with van der Waals surface area (Å²) in [5, 5.41) is 15.4. The number of aryl methyl sites for hydroxylation is 1. The zero-order chi connectivity index (χ0) is 12.3. The topological polar surface area (TPSA) is 66.0 Å². The lowest BCUT2D eigenvalue weighted by Crippen LogP contribution is -1.97. The van der Waals surface area contributed by atoms with Gasteiger partial charge in [0.15, 0.2) is 0 Å². The van der Waals surface area contributed by atoms with Gasteiger partial charge in [-0.15, -0.1) is 0 Å². The molecule has 2 rings (SSSR count). The molecule has 5 heteroatoms. The molecule has 0 bridgehead atoms. The van der Waals surface area contributed by atoms with Crippen LogP contribution in [0.4, 0.5) is 4.39 Å². The second kappa shape index (κ2) is 4.78. The molecule has 0 amide bonds. The number of carboxylic acids is 1. The van der Waals surface area contributed by atoms with E-state index in [1.54, 1.807) is 18.2 Å². The third kappa shape index (κ3) is 2.90. The average molecular weight is 234 g/mol.